The van der Waals surface area contributed by atoms with Crippen LogP contribution in [-0.2, 0) is 19.1 Å². The van der Waals surface area contributed by atoms with Crippen LogP contribution < -0.4 is 0 Å². The fourth-order valence-corrected chi connectivity index (χ4v) is 8.63. The Morgan fingerprint density at radius 3 is 2.33 bits per heavy atom. The lowest BCUT2D eigenvalue weighted by molar-refractivity contribution is -0.190. The van der Waals surface area contributed by atoms with Gasteiger partial charge in [-0.15, -0.1) is 0 Å². The fourth-order valence-electron chi connectivity index (χ4n) is 8.63. The number of fused-ring (bicyclic) bond motifs is 5. The average molecular weight is 499 g/mol. The Balaban J connectivity index is 1.61. The molecule has 2 saturated carbocycles. The number of allylic oxidation sites excluding steroid dienone is 2. The van der Waals surface area contributed by atoms with Crippen LogP contribution in [0.2, 0.25) is 0 Å². The van der Waals surface area contributed by atoms with Gasteiger partial charge in [-0.05, 0) is 78.3 Å². The van der Waals surface area contributed by atoms with Gasteiger partial charge in [0.1, 0.15) is 11.7 Å². The van der Waals surface area contributed by atoms with Gasteiger partial charge in [0.2, 0.25) is 0 Å². The third kappa shape index (κ3) is 4.60. The molecule has 36 heavy (non-hydrogen) atoms. The zero-order valence-corrected chi connectivity index (χ0v) is 24.1. The summed E-state index contributed by atoms with van der Waals surface area (Å²) in [6.07, 6.45) is 14.1. The lowest BCUT2D eigenvalue weighted by atomic mass is 9.50. The van der Waals surface area contributed by atoms with E-state index in [1.54, 1.807) is 0 Å². The molecule has 0 aliphatic heterocycles. The van der Waals surface area contributed by atoms with Crippen LogP contribution in [0.5, 0.6) is 0 Å². The summed E-state index contributed by atoms with van der Waals surface area (Å²) in [6, 6.07) is 0. The zero-order valence-electron chi connectivity index (χ0n) is 24.1. The van der Waals surface area contributed by atoms with Crippen LogP contribution >= 0.6 is 0 Å². The highest BCUT2D eigenvalue weighted by Crippen LogP contribution is 2.66. The van der Waals surface area contributed by atoms with Gasteiger partial charge in [0.25, 0.3) is 0 Å². The second kappa shape index (κ2) is 9.95. The summed E-state index contributed by atoms with van der Waals surface area (Å²) in [5.41, 5.74) is 2.38. The topological polar surface area (TPSA) is 52.6 Å². The first-order valence-corrected chi connectivity index (χ1v) is 14.6. The van der Waals surface area contributed by atoms with Crippen LogP contribution in [0.3, 0.4) is 0 Å². The quantitative estimate of drug-likeness (QED) is 0.336. The Kier molecular flexibility index (Phi) is 7.59. The Morgan fingerprint density at radius 2 is 1.69 bits per heavy atom. The van der Waals surface area contributed by atoms with Gasteiger partial charge >= 0.3 is 11.9 Å². The number of ether oxygens (including phenoxy) is 2. The first-order valence-electron chi connectivity index (χ1n) is 14.6. The van der Waals surface area contributed by atoms with Gasteiger partial charge in [0, 0.05) is 32.1 Å². The highest BCUT2D eigenvalue weighted by molar-refractivity contribution is 5.68. The third-order valence-corrected chi connectivity index (χ3v) is 11.2. The van der Waals surface area contributed by atoms with E-state index in [9.17, 15) is 9.59 Å². The number of carbonyl (C=O) groups excluding carboxylic acids is 2. The molecule has 0 bridgehead atoms. The summed E-state index contributed by atoms with van der Waals surface area (Å²) in [5, 5.41) is 0. The van der Waals surface area contributed by atoms with Crippen molar-refractivity contribution in [1.82, 2.24) is 0 Å². The highest BCUT2D eigenvalue weighted by Gasteiger charge is 2.62. The second-order valence-electron chi connectivity index (χ2n) is 13.6. The van der Waals surface area contributed by atoms with E-state index in [2.05, 4.69) is 53.7 Å². The van der Waals surface area contributed by atoms with Crippen molar-refractivity contribution >= 4 is 11.9 Å². The second-order valence-corrected chi connectivity index (χ2v) is 13.6. The molecule has 0 N–H and O–H groups in total. The summed E-state index contributed by atoms with van der Waals surface area (Å²) < 4.78 is 11.8. The van der Waals surface area contributed by atoms with Crippen molar-refractivity contribution in [2.45, 2.75) is 125 Å². The minimum Gasteiger partial charge on any atom is -0.462 e. The van der Waals surface area contributed by atoms with Gasteiger partial charge in [0.15, 0.2) is 0 Å². The molecule has 0 saturated heterocycles. The fraction of sp³-hybridized carbons (Fsp3) is 0.812. The predicted octanol–water partition coefficient (Wildman–Crippen LogP) is 7.81. The smallest absolute Gasteiger partial charge is 0.303 e. The monoisotopic (exact) mass is 498 g/mol. The molecule has 4 nitrogen and oxygen atoms in total. The summed E-state index contributed by atoms with van der Waals surface area (Å²) in [4.78, 5) is 24.0. The SMILES string of the molecule is CC(=O)O[C@@H]1CC[C@]2(C)C3=CC[C@]4(C)[C@H](CC[C@H]4[C@H](C)CC[C@H](C)C(C)C)C3=CC[C@@]2(OC(C)=O)C1. The molecule has 0 aromatic rings. The number of hydrogen-bond donors (Lipinski definition) is 0. The average Bonchev–Trinajstić information content (AvgIpc) is 3.14. The van der Waals surface area contributed by atoms with E-state index in [0.29, 0.717) is 24.2 Å². The Morgan fingerprint density at radius 1 is 0.972 bits per heavy atom. The molecular weight excluding hydrogens is 448 g/mol. The van der Waals surface area contributed by atoms with Gasteiger partial charge in [-0.2, -0.15) is 0 Å². The number of hydrogen-bond acceptors (Lipinski definition) is 4. The first kappa shape index (κ1) is 27.5. The summed E-state index contributed by atoms with van der Waals surface area (Å²) >= 11 is 0. The maximum atomic E-state index is 12.3. The predicted molar refractivity (Wildman–Crippen MR) is 144 cm³/mol. The van der Waals surface area contributed by atoms with Crippen molar-refractivity contribution < 1.29 is 19.1 Å². The molecule has 4 aliphatic carbocycles. The van der Waals surface area contributed by atoms with E-state index in [0.717, 1.165) is 42.9 Å². The van der Waals surface area contributed by atoms with Crippen molar-refractivity contribution in [2.24, 2.45) is 40.4 Å². The van der Waals surface area contributed by atoms with Gasteiger partial charge in [-0.25, -0.2) is 0 Å². The maximum Gasteiger partial charge on any atom is 0.303 e. The molecule has 0 aromatic carbocycles. The van der Waals surface area contributed by atoms with Gasteiger partial charge in [0.05, 0.1) is 0 Å². The molecule has 2 fully saturated rings. The van der Waals surface area contributed by atoms with E-state index >= 15 is 0 Å². The molecule has 0 amide bonds. The van der Waals surface area contributed by atoms with Crippen LogP contribution in [-0.4, -0.2) is 23.6 Å². The number of rotatable bonds is 7. The Hall–Kier alpha value is -1.58. The summed E-state index contributed by atoms with van der Waals surface area (Å²) in [6.45, 7) is 17.5. The molecule has 4 heteroatoms. The molecule has 0 radical (unpaired) electrons. The van der Waals surface area contributed by atoms with Crippen molar-refractivity contribution in [2.75, 3.05) is 0 Å². The van der Waals surface area contributed by atoms with Crippen molar-refractivity contribution in [1.29, 1.82) is 0 Å². The van der Waals surface area contributed by atoms with Crippen LogP contribution in [0.1, 0.15) is 113 Å². The van der Waals surface area contributed by atoms with E-state index in [4.69, 9.17) is 9.47 Å². The van der Waals surface area contributed by atoms with Crippen LogP contribution in [0.25, 0.3) is 0 Å². The van der Waals surface area contributed by atoms with E-state index in [1.807, 2.05) is 0 Å². The van der Waals surface area contributed by atoms with E-state index in [-0.39, 0.29) is 23.5 Å². The highest BCUT2D eigenvalue weighted by atomic mass is 16.6. The summed E-state index contributed by atoms with van der Waals surface area (Å²) in [7, 11) is 0. The first-order chi connectivity index (χ1) is 16.8. The molecule has 0 aromatic heterocycles. The van der Waals surface area contributed by atoms with E-state index in [1.165, 1.54) is 50.7 Å². The maximum absolute atomic E-state index is 12.3. The van der Waals surface area contributed by atoms with Crippen LogP contribution in [0.4, 0.5) is 0 Å². The third-order valence-electron chi connectivity index (χ3n) is 11.2. The molecule has 0 heterocycles. The van der Waals surface area contributed by atoms with Crippen molar-refractivity contribution in [3.63, 3.8) is 0 Å². The molecule has 0 spiro atoms. The van der Waals surface area contributed by atoms with Gasteiger partial charge < -0.3 is 9.47 Å². The Bertz CT molecular complexity index is 930. The molecular formula is C32H50O4. The van der Waals surface area contributed by atoms with Crippen molar-refractivity contribution in [3.8, 4) is 0 Å². The number of esters is 2. The van der Waals surface area contributed by atoms with Crippen LogP contribution in [0, 0.1) is 40.4 Å². The molecule has 4 aliphatic rings. The van der Waals surface area contributed by atoms with Crippen molar-refractivity contribution in [3.05, 3.63) is 23.3 Å². The van der Waals surface area contributed by atoms with E-state index < -0.39 is 5.60 Å². The van der Waals surface area contributed by atoms with Crippen LogP contribution in [0.15, 0.2) is 23.3 Å². The lowest BCUT2D eigenvalue weighted by Crippen LogP contribution is -2.58. The van der Waals surface area contributed by atoms with Gasteiger partial charge in [-0.1, -0.05) is 66.5 Å². The minimum atomic E-state index is -0.640. The Labute approximate surface area is 219 Å². The number of carbonyl (C=O) groups is 2. The zero-order chi connectivity index (χ0) is 26.5. The molecule has 8 atom stereocenters. The van der Waals surface area contributed by atoms with Gasteiger partial charge in [-0.3, -0.25) is 9.59 Å². The molecule has 0 unspecified atom stereocenters. The standard InChI is InChI=1S/C32H50O4/c1-20(2)21(3)9-10-22(4)27-11-12-28-26-14-18-32(36-24(6)34)19-25(35-23(5)33)13-17-31(32,8)29(26)15-16-30(27,28)7/h14-15,20-22,25,27-28H,9-13,16-19H2,1-8H3/t21-,22+,25+,27-,28+,30-,31+,32+/m0/s1. The minimum absolute atomic E-state index is 0.190. The normalized spacial score (nSPS) is 39.2. The molecule has 202 valence electrons. The summed E-state index contributed by atoms with van der Waals surface area (Å²) in [5.74, 6) is 3.14. The lowest BCUT2D eigenvalue weighted by Gasteiger charge is -2.58. The molecule has 4 rings (SSSR count). The largest absolute Gasteiger partial charge is 0.462 e.